The molecule has 0 aromatic heterocycles. The average Bonchev–Trinajstić information content (AvgIpc) is 2.71. The Morgan fingerprint density at radius 1 is 1.63 bits per heavy atom. The van der Waals surface area contributed by atoms with Gasteiger partial charge in [-0.2, -0.15) is 0 Å². The van der Waals surface area contributed by atoms with Gasteiger partial charge in [0.2, 0.25) is 0 Å². The van der Waals surface area contributed by atoms with Crippen LogP contribution in [0.25, 0.3) is 0 Å². The summed E-state index contributed by atoms with van der Waals surface area (Å²) >= 11 is 0. The Morgan fingerprint density at radius 2 is 2.21 bits per heavy atom. The van der Waals surface area contributed by atoms with Crippen LogP contribution in [0.1, 0.15) is 20.8 Å². The number of carboxylic acids is 1. The van der Waals surface area contributed by atoms with Gasteiger partial charge < -0.3 is 19.5 Å². The van der Waals surface area contributed by atoms with Gasteiger partial charge in [0.1, 0.15) is 0 Å². The van der Waals surface area contributed by atoms with E-state index in [0.29, 0.717) is 5.57 Å². The van der Waals surface area contributed by atoms with Crippen molar-refractivity contribution in [2.45, 2.75) is 20.8 Å². The summed E-state index contributed by atoms with van der Waals surface area (Å²) in [5.41, 5.74) is 0.485. The van der Waals surface area contributed by atoms with Crippen LogP contribution < -0.4 is 0 Å². The minimum absolute atomic E-state index is 0.0368. The normalized spacial score (nSPS) is 15.5. The number of hydrogen-bond acceptors (Lipinski definition) is 4. The monoisotopic (exact) mass is 272 g/mol. The number of rotatable bonds is 5. The highest BCUT2D eigenvalue weighted by Gasteiger charge is 2.33. The Hall–Kier alpha value is -1.60. The molecule has 0 bridgehead atoms. The van der Waals surface area contributed by atoms with Gasteiger partial charge in [-0.25, -0.2) is 9.18 Å². The van der Waals surface area contributed by atoms with Gasteiger partial charge in [-0.1, -0.05) is 20.4 Å². The Kier molecular flexibility index (Phi) is 7.78. The molecule has 1 heterocycles. The molecule has 0 radical (unpaired) electrons. The third kappa shape index (κ3) is 4.88. The second kappa shape index (κ2) is 8.50. The smallest absolute Gasteiger partial charge is 0.479 e. The van der Waals surface area contributed by atoms with Crippen LogP contribution in [0, 0.1) is 0 Å². The molecule has 5 nitrogen and oxygen atoms in total. The van der Waals surface area contributed by atoms with Crippen LogP contribution in [0.5, 0.6) is 0 Å². The lowest BCUT2D eigenvalue weighted by Gasteiger charge is -2.08. The van der Waals surface area contributed by atoms with Crippen molar-refractivity contribution in [2.75, 3.05) is 13.2 Å². The number of ether oxygens (including phenoxy) is 1. The Balaban J connectivity index is 0.00000154. The highest BCUT2D eigenvalue weighted by molar-refractivity contribution is 6.54. The molecule has 0 aromatic carbocycles. The molecule has 0 saturated heterocycles. The van der Waals surface area contributed by atoms with Gasteiger partial charge in [0.05, 0.1) is 6.61 Å². The molecule has 0 aliphatic carbocycles. The highest BCUT2D eigenvalue weighted by Crippen LogP contribution is 2.27. The van der Waals surface area contributed by atoms with E-state index in [0.717, 1.165) is 6.08 Å². The molecule has 0 amide bonds. The fourth-order valence-corrected chi connectivity index (χ4v) is 1.36. The van der Waals surface area contributed by atoms with Crippen molar-refractivity contribution in [1.82, 2.24) is 0 Å². The van der Waals surface area contributed by atoms with Crippen LogP contribution in [-0.4, -0.2) is 36.4 Å². The third-order valence-electron chi connectivity index (χ3n) is 2.15. The van der Waals surface area contributed by atoms with Crippen LogP contribution in [0.4, 0.5) is 4.39 Å². The van der Waals surface area contributed by atoms with Crippen LogP contribution in [0.3, 0.4) is 0 Å². The lowest BCUT2D eigenvalue weighted by atomic mass is 9.77. The molecule has 1 aliphatic rings. The van der Waals surface area contributed by atoms with E-state index in [4.69, 9.17) is 14.5 Å². The number of allylic oxidation sites excluding steroid dienone is 3. The number of carboxylic acid groups (broad SMARTS) is 1. The molecule has 0 spiro atoms. The van der Waals surface area contributed by atoms with Crippen molar-refractivity contribution in [3.8, 4) is 0 Å². The van der Waals surface area contributed by atoms with E-state index in [1.807, 2.05) is 13.8 Å². The summed E-state index contributed by atoms with van der Waals surface area (Å²) in [6.07, 6.45) is 1.05. The first kappa shape index (κ1) is 17.4. The standard InChI is InChI=1S/C10H12BFO5.C2H6/c1-3-7(16-5-8(13)14)10(12)9-6(2)4-17-11(9)15;1-2/h3,15H,1,4-5H2,2H3,(H,13,14);1-2H3/b10-7-;. The molecular formula is C12H18BFO5. The summed E-state index contributed by atoms with van der Waals surface area (Å²) in [4.78, 5) is 10.3. The molecule has 106 valence electrons. The lowest BCUT2D eigenvalue weighted by Crippen LogP contribution is -2.17. The van der Waals surface area contributed by atoms with E-state index in [2.05, 4.69) is 6.58 Å². The summed E-state index contributed by atoms with van der Waals surface area (Å²) in [5.74, 6) is -2.42. The van der Waals surface area contributed by atoms with Gasteiger partial charge in [-0.15, -0.1) is 0 Å². The largest absolute Gasteiger partial charge is 0.494 e. The minimum atomic E-state index is -1.36. The molecule has 0 fully saturated rings. The number of hydrogen-bond donors (Lipinski definition) is 2. The van der Waals surface area contributed by atoms with Crippen LogP contribution >= 0.6 is 0 Å². The van der Waals surface area contributed by atoms with E-state index >= 15 is 0 Å². The molecule has 0 aromatic rings. The molecule has 0 atom stereocenters. The fourth-order valence-electron chi connectivity index (χ4n) is 1.36. The van der Waals surface area contributed by atoms with Crippen molar-refractivity contribution < 1.29 is 28.7 Å². The number of carbonyl (C=O) groups is 1. The lowest BCUT2D eigenvalue weighted by molar-refractivity contribution is -0.140. The second-order valence-corrected chi connectivity index (χ2v) is 3.42. The Bertz CT molecular complexity index is 403. The predicted octanol–water partition coefficient (Wildman–Crippen LogP) is 1.85. The maximum absolute atomic E-state index is 13.9. The molecule has 0 saturated carbocycles. The Labute approximate surface area is 112 Å². The number of halogens is 1. The first-order chi connectivity index (χ1) is 8.97. The minimum Gasteiger partial charge on any atom is -0.479 e. The highest BCUT2D eigenvalue weighted by atomic mass is 19.1. The first-order valence-corrected chi connectivity index (χ1v) is 5.83. The zero-order valence-electron chi connectivity index (χ0n) is 11.3. The van der Waals surface area contributed by atoms with Crippen molar-refractivity contribution in [1.29, 1.82) is 0 Å². The topological polar surface area (TPSA) is 76.0 Å². The average molecular weight is 272 g/mol. The molecule has 19 heavy (non-hydrogen) atoms. The van der Waals surface area contributed by atoms with Gasteiger partial charge in [0, 0.05) is 5.47 Å². The second-order valence-electron chi connectivity index (χ2n) is 3.42. The number of aliphatic carboxylic acids is 1. The summed E-state index contributed by atoms with van der Waals surface area (Å²) in [5, 5.41) is 17.8. The van der Waals surface area contributed by atoms with E-state index in [9.17, 15) is 14.2 Å². The van der Waals surface area contributed by atoms with Crippen molar-refractivity contribution in [3.05, 3.63) is 35.3 Å². The van der Waals surface area contributed by atoms with Gasteiger partial charge in [-0.3, -0.25) is 0 Å². The zero-order valence-corrected chi connectivity index (χ0v) is 11.3. The van der Waals surface area contributed by atoms with Gasteiger partial charge in [-0.05, 0) is 18.6 Å². The quantitative estimate of drug-likeness (QED) is 0.453. The fraction of sp³-hybridized carbons (Fsp3) is 0.417. The van der Waals surface area contributed by atoms with Gasteiger partial charge >= 0.3 is 13.1 Å². The summed E-state index contributed by atoms with van der Waals surface area (Å²) < 4.78 is 23.4. The molecule has 7 heteroatoms. The molecule has 2 N–H and O–H groups in total. The molecule has 1 aliphatic heterocycles. The van der Waals surface area contributed by atoms with E-state index in [1.54, 1.807) is 6.92 Å². The van der Waals surface area contributed by atoms with E-state index < -0.39 is 25.5 Å². The van der Waals surface area contributed by atoms with Gasteiger partial charge in [0.15, 0.2) is 18.2 Å². The third-order valence-corrected chi connectivity index (χ3v) is 2.15. The van der Waals surface area contributed by atoms with Crippen molar-refractivity contribution >= 4 is 13.1 Å². The molecule has 0 unspecified atom stereocenters. The van der Waals surface area contributed by atoms with Crippen LogP contribution in [-0.2, 0) is 14.2 Å². The molecular weight excluding hydrogens is 254 g/mol. The van der Waals surface area contributed by atoms with Crippen molar-refractivity contribution in [3.63, 3.8) is 0 Å². The van der Waals surface area contributed by atoms with E-state index in [-0.39, 0.29) is 17.8 Å². The zero-order chi connectivity index (χ0) is 15.0. The van der Waals surface area contributed by atoms with Crippen LogP contribution in [0.2, 0.25) is 0 Å². The summed E-state index contributed by atoms with van der Waals surface area (Å²) in [7, 11) is -1.36. The molecule has 1 rings (SSSR count). The van der Waals surface area contributed by atoms with Crippen LogP contribution in [0.15, 0.2) is 35.3 Å². The first-order valence-electron chi connectivity index (χ1n) is 5.83. The maximum Gasteiger partial charge on any atom is 0.494 e. The summed E-state index contributed by atoms with van der Waals surface area (Å²) in [6.45, 7) is 8.36. The van der Waals surface area contributed by atoms with E-state index in [1.165, 1.54) is 0 Å². The predicted molar refractivity (Wildman–Crippen MR) is 69.9 cm³/mol. The van der Waals surface area contributed by atoms with Crippen molar-refractivity contribution in [2.24, 2.45) is 0 Å². The SMILES string of the molecule is C=C/C(OCC(=O)O)=C(/F)C1=C(C)COB1O.CC. The Morgan fingerprint density at radius 3 is 2.58 bits per heavy atom. The van der Waals surface area contributed by atoms with Gasteiger partial charge in [0.25, 0.3) is 0 Å². The summed E-state index contributed by atoms with van der Waals surface area (Å²) in [6, 6.07) is 0. The maximum atomic E-state index is 13.9.